The van der Waals surface area contributed by atoms with Gasteiger partial charge in [0.2, 0.25) is 6.71 Å². The number of furan rings is 2. The number of aryl methyl sites for hydroxylation is 1. The first-order valence-electron chi connectivity index (χ1n) is 39.2. The zero-order chi connectivity index (χ0) is 76.5. The van der Waals surface area contributed by atoms with E-state index in [0.717, 1.165) is 135 Å². The molecule has 0 radical (unpaired) electrons. The van der Waals surface area contributed by atoms with E-state index in [4.69, 9.17) is 8.83 Å². The molecule has 21 rings (SSSR count). The van der Waals surface area contributed by atoms with Crippen molar-refractivity contribution in [2.24, 2.45) is 6.66 Å². The maximum Gasteiger partial charge on any atom is 0.248 e. The van der Waals surface area contributed by atoms with Gasteiger partial charge in [-0.05, 0) is 239 Å². The highest BCUT2D eigenvalue weighted by molar-refractivity contribution is 7.60. The molecule has 544 valence electrons. The fourth-order valence-electron chi connectivity index (χ4n) is 16.8. The van der Waals surface area contributed by atoms with Crippen LogP contribution in [-0.2, 0) is 6.66 Å². The van der Waals surface area contributed by atoms with E-state index in [-0.39, 0.29) is 6.71 Å². The second-order valence-electron chi connectivity index (χ2n) is 29.2. The molecule has 6 nitrogen and oxygen atoms in total. The van der Waals surface area contributed by atoms with Gasteiger partial charge in [0, 0.05) is 100 Å². The Kier molecular flexibility index (Phi) is 18.5. The maximum atomic E-state index is 6.95. The zero-order valence-electron chi connectivity index (χ0n) is 63.3. The Labute approximate surface area is 671 Å². The number of hydrogen-bond donors (Lipinski definition) is 0. The minimum atomic E-state index is -0.532. The third-order valence-electron chi connectivity index (χ3n) is 22.3. The SMILES string of the molecule is Cp1c2ccc(-c3ccc(N(c4ccccc4)c4ccccc4)cc3)cc2c2oc3cc(-c4ccc(N(c5ccccc5)c5ccccc5)cc4)ccc3c21.c1ccc(B2c3ccc(-c4ccc(N(c5ccccc5)c5ccccc5)cc4)cc3-c3oc4cc(-c5ccc(N(c6ccccc6)c6ccccc6)cc5)ccc4c32)cc1. The summed E-state index contributed by atoms with van der Waals surface area (Å²) in [5.41, 5.74) is 30.5. The monoisotopic (exact) mass is 1490 g/mol. The van der Waals surface area contributed by atoms with Crippen molar-refractivity contribution in [2.75, 3.05) is 19.6 Å². The quantitative estimate of drug-likeness (QED) is 0.0846. The van der Waals surface area contributed by atoms with Crippen LogP contribution in [0.4, 0.5) is 68.2 Å². The van der Waals surface area contributed by atoms with E-state index in [1.165, 1.54) is 48.5 Å². The highest BCUT2D eigenvalue weighted by Gasteiger charge is 2.39. The van der Waals surface area contributed by atoms with Gasteiger partial charge < -0.3 is 28.4 Å². The average Bonchev–Trinajstić information content (AvgIpc) is 1.57. The third-order valence-corrected chi connectivity index (χ3v) is 24.5. The predicted octanol–water partition coefficient (Wildman–Crippen LogP) is 28.7. The molecular weight excluding hydrogens is 1410 g/mol. The van der Waals surface area contributed by atoms with Gasteiger partial charge in [-0.1, -0.05) is 272 Å². The predicted molar refractivity (Wildman–Crippen MR) is 488 cm³/mol. The summed E-state index contributed by atoms with van der Waals surface area (Å²) in [4.78, 5) is 9.17. The Balaban J connectivity index is 0.000000149. The van der Waals surface area contributed by atoms with Crippen LogP contribution in [-0.4, -0.2) is 6.71 Å². The summed E-state index contributed by atoms with van der Waals surface area (Å²) in [6, 6.07) is 158. The minimum absolute atomic E-state index is 0.0752. The zero-order valence-corrected chi connectivity index (χ0v) is 64.2. The molecule has 1 aliphatic heterocycles. The van der Waals surface area contributed by atoms with Crippen LogP contribution in [0, 0.1) is 0 Å². The fraction of sp³-hybridized carbons (Fsp3) is 0.00935. The lowest BCUT2D eigenvalue weighted by molar-refractivity contribution is 0.635. The lowest BCUT2D eigenvalue weighted by Gasteiger charge is -2.25. The molecule has 8 heteroatoms. The van der Waals surface area contributed by atoms with Crippen molar-refractivity contribution in [3.8, 4) is 55.8 Å². The Bertz CT molecular complexity index is 6640. The number of nitrogens with zero attached hydrogens (tertiary/aromatic N) is 4. The van der Waals surface area contributed by atoms with E-state index in [9.17, 15) is 0 Å². The van der Waals surface area contributed by atoms with Gasteiger partial charge in [0.05, 0.1) is 0 Å². The van der Waals surface area contributed by atoms with Crippen molar-refractivity contribution in [2.45, 2.75) is 0 Å². The number of rotatable bonds is 17. The molecule has 0 amide bonds. The van der Waals surface area contributed by atoms with E-state index in [2.05, 4.69) is 469 Å². The van der Waals surface area contributed by atoms with Crippen LogP contribution >= 0.6 is 7.53 Å². The molecular formula is C107H76BN4O2P. The van der Waals surface area contributed by atoms with E-state index in [1.54, 1.807) is 0 Å². The highest BCUT2D eigenvalue weighted by atomic mass is 31.1. The summed E-state index contributed by atoms with van der Waals surface area (Å²) in [5.74, 6) is 0.959. The maximum absolute atomic E-state index is 6.95. The summed E-state index contributed by atoms with van der Waals surface area (Å²) >= 11 is 0. The molecule has 0 saturated carbocycles. The molecule has 1 unspecified atom stereocenters. The number of hydrogen-bond acceptors (Lipinski definition) is 6. The summed E-state index contributed by atoms with van der Waals surface area (Å²) in [6.45, 7) is 2.44. The normalized spacial score (nSPS) is 11.7. The molecule has 4 heterocycles. The van der Waals surface area contributed by atoms with Crippen LogP contribution in [0.5, 0.6) is 0 Å². The smallest absolute Gasteiger partial charge is 0.248 e. The molecule has 1 aliphatic rings. The largest absolute Gasteiger partial charge is 0.457 e. The van der Waals surface area contributed by atoms with Crippen LogP contribution in [0.3, 0.4) is 0 Å². The Morgan fingerprint density at radius 2 is 0.513 bits per heavy atom. The fourth-order valence-corrected chi connectivity index (χ4v) is 18.9. The first-order valence-corrected chi connectivity index (χ1v) is 41.0. The summed E-state index contributed by atoms with van der Waals surface area (Å²) in [6.07, 6.45) is 0. The van der Waals surface area contributed by atoms with E-state index in [1.807, 2.05) is 0 Å². The Morgan fingerprint density at radius 3 is 0.870 bits per heavy atom. The first-order chi connectivity index (χ1) is 57.0. The molecule has 1 atom stereocenters. The standard InChI is InChI=1S/C56H39BN2O.C51H37N2OP/c1-6-16-44(17-7-1)57-53-37-31-42(40-26-32-49(33-27-40)58(45-18-8-2-9-19-45)46-20-10-3-11-21-46)38-52(53)56-55(57)51-36-30-43(39-54(51)60-56)41-28-34-50(35-29-41)59(47-22-12-4-13-23-47)48-24-14-5-15-25-48;1-55-49-33-27-38(36-22-28-44(29-23-36)52(40-14-6-2-7-15-40)41-16-8-3-9-17-41)34-47(49)50-51(55)46-32-26-39(35-48(46)54-50)37-24-30-45(31-25-37)53(42-18-10-4-11-19-42)43-20-12-5-13-21-43/h1-39H;2-35H,1H3. The van der Waals surface area contributed by atoms with Gasteiger partial charge in [0.25, 0.3) is 0 Å². The first kappa shape index (κ1) is 69.6. The molecule has 0 saturated heterocycles. The number of fused-ring (bicyclic) bond motifs is 10. The highest BCUT2D eigenvalue weighted by Crippen LogP contribution is 2.53. The van der Waals surface area contributed by atoms with Crippen LogP contribution in [0.15, 0.2) is 452 Å². The second-order valence-corrected chi connectivity index (χ2v) is 31.2. The molecule has 115 heavy (non-hydrogen) atoms. The van der Waals surface area contributed by atoms with Crippen molar-refractivity contribution >= 4 is 142 Å². The van der Waals surface area contributed by atoms with Gasteiger partial charge in [0.1, 0.15) is 22.5 Å². The molecule has 0 fully saturated rings. The number of benzene rings is 17. The molecule has 3 aromatic heterocycles. The molecule has 0 N–H and O–H groups in total. The molecule has 0 bridgehead atoms. The van der Waals surface area contributed by atoms with Gasteiger partial charge in [-0.15, -0.1) is 7.53 Å². The van der Waals surface area contributed by atoms with Crippen molar-refractivity contribution in [1.29, 1.82) is 0 Å². The van der Waals surface area contributed by atoms with E-state index in [0.29, 0.717) is 0 Å². The van der Waals surface area contributed by atoms with Crippen LogP contribution in [0.1, 0.15) is 0 Å². The van der Waals surface area contributed by atoms with E-state index >= 15 is 0 Å². The number of anilines is 12. The molecule has 17 aromatic carbocycles. The van der Waals surface area contributed by atoms with Crippen LogP contribution < -0.4 is 36.0 Å². The third kappa shape index (κ3) is 13.4. The van der Waals surface area contributed by atoms with Crippen molar-refractivity contribution in [1.82, 2.24) is 0 Å². The van der Waals surface area contributed by atoms with Gasteiger partial charge in [-0.25, -0.2) is 0 Å². The molecule has 0 spiro atoms. The lowest BCUT2D eigenvalue weighted by atomic mass is 9.38. The summed E-state index contributed by atoms with van der Waals surface area (Å²) in [7, 11) is -0.532. The summed E-state index contributed by atoms with van der Waals surface area (Å²) < 4.78 is 13.7. The van der Waals surface area contributed by atoms with E-state index < -0.39 is 7.53 Å². The average molecular weight is 1490 g/mol. The van der Waals surface area contributed by atoms with Crippen molar-refractivity contribution < 1.29 is 8.83 Å². The summed E-state index contributed by atoms with van der Waals surface area (Å²) in [5, 5.41) is 6.31. The lowest BCUT2D eigenvalue weighted by Crippen LogP contribution is -2.48. The Morgan fingerprint density at radius 1 is 0.235 bits per heavy atom. The van der Waals surface area contributed by atoms with Gasteiger partial charge in [0.15, 0.2) is 0 Å². The molecule has 20 aromatic rings. The van der Waals surface area contributed by atoms with Crippen LogP contribution in [0.25, 0.3) is 99.0 Å². The van der Waals surface area contributed by atoms with Gasteiger partial charge in [-0.2, -0.15) is 0 Å². The van der Waals surface area contributed by atoms with Gasteiger partial charge >= 0.3 is 0 Å². The topological polar surface area (TPSA) is 39.2 Å². The van der Waals surface area contributed by atoms with Gasteiger partial charge in [-0.3, -0.25) is 0 Å². The second kappa shape index (κ2) is 30.6. The molecule has 0 aliphatic carbocycles. The van der Waals surface area contributed by atoms with Crippen molar-refractivity contribution in [3.63, 3.8) is 0 Å². The van der Waals surface area contributed by atoms with Crippen molar-refractivity contribution in [3.05, 3.63) is 443 Å². The van der Waals surface area contributed by atoms with Crippen LogP contribution in [0.2, 0.25) is 0 Å². The Hall–Kier alpha value is -14.6. The minimum Gasteiger partial charge on any atom is -0.457 e. The number of para-hydroxylation sites is 8.